The minimum Gasteiger partial charge on any atom is -0.503 e. The van der Waals surface area contributed by atoms with Gasteiger partial charge in [0.1, 0.15) is 5.75 Å². The third-order valence-electron chi connectivity index (χ3n) is 4.26. The second-order valence-corrected chi connectivity index (χ2v) is 6.92. The van der Waals surface area contributed by atoms with Crippen LogP contribution in [0, 0.1) is 0 Å². The van der Waals surface area contributed by atoms with Gasteiger partial charge in [-0.3, -0.25) is 9.59 Å². The Kier molecular flexibility index (Phi) is 5.42. The van der Waals surface area contributed by atoms with E-state index in [4.69, 9.17) is 4.74 Å². The van der Waals surface area contributed by atoms with Crippen LogP contribution in [0.25, 0.3) is 0 Å². The highest BCUT2D eigenvalue weighted by Gasteiger charge is 2.43. The number of hydrogen-bond acceptors (Lipinski definition) is 5. The van der Waals surface area contributed by atoms with Crippen molar-refractivity contribution in [3.05, 3.63) is 63.6 Å². The summed E-state index contributed by atoms with van der Waals surface area (Å²) in [6.07, 6.45) is 0.729. The minimum absolute atomic E-state index is 0.148. The van der Waals surface area contributed by atoms with E-state index in [1.54, 1.807) is 22.4 Å². The van der Waals surface area contributed by atoms with Gasteiger partial charge in [0, 0.05) is 6.54 Å². The first-order chi connectivity index (χ1) is 12.6. The van der Waals surface area contributed by atoms with E-state index in [1.807, 2.05) is 38.1 Å². The highest BCUT2D eigenvalue weighted by molar-refractivity contribution is 7.12. The van der Waals surface area contributed by atoms with Crippen molar-refractivity contribution in [1.29, 1.82) is 0 Å². The first-order valence-electron chi connectivity index (χ1n) is 8.63. The number of ether oxygens (including phenoxy) is 1. The van der Waals surface area contributed by atoms with E-state index in [1.165, 1.54) is 11.3 Å². The Labute approximate surface area is 156 Å². The third-order valence-corrected chi connectivity index (χ3v) is 5.13. The number of aliphatic hydroxyl groups is 1. The molecule has 1 aromatic heterocycles. The zero-order chi connectivity index (χ0) is 18.7. The highest BCUT2D eigenvalue weighted by Crippen LogP contribution is 2.39. The van der Waals surface area contributed by atoms with Crippen LogP contribution in [-0.4, -0.2) is 34.8 Å². The van der Waals surface area contributed by atoms with Crippen LogP contribution >= 0.6 is 11.3 Å². The zero-order valence-electron chi connectivity index (χ0n) is 14.8. The molecule has 1 N–H and O–H groups in total. The van der Waals surface area contributed by atoms with Gasteiger partial charge in [0.25, 0.3) is 5.91 Å². The second-order valence-electron chi connectivity index (χ2n) is 5.97. The van der Waals surface area contributed by atoms with E-state index in [9.17, 15) is 14.7 Å². The number of carbonyl (C=O) groups is 2. The largest absolute Gasteiger partial charge is 0.503 e. The van der Waals surface area contributed by atoms with Gasteiger partial charge in [0.05, 0.1) is 23.1 Å². The predicted octanol–water partition coefficient (Wildman–Crippen LogP) is 4.14. The van der Waals surface area contributed by atoms with Gasteiger partial charge in [-0.05, 0) is 42.5 Å². The summed E-state index contributed by atoms with van der Waals surface area (Å²) in [7, 11) is 0. The van der Waals surface area contributed by atoms with E-state index in [0.29, 0.717) is 18.0 Å². The fraction of sp³-hybridized carbons (Fsp3) is 0.300. The quantitative estimate of drug-likeness (QED) is 0.743. The summed E-state index contributed by atoms with van der Waals surface area (Å²) in [5.74, 6) is -0.522. The molecule has 0 bridgehead atoms. The Morgan fingerprint density at radius 3 is 2.54 bits per heavy atom. The predicted molar refractivity (Wildman–Crippen MR) is 101 cm³/mol. The second kappa shape index (κ2) is 7.74. The van der Waals surface area contributed by atoms with Crippen molar-refractivity contribution in [3.8, 4) is 5.75 Å². The van der Waals surface area contributed by atoms with Crippen LogP contribution in [-0.2, 0) is 4.79 Å². The number of rotatable bonds is 7. The highest BCUT2D eigenvalue weighted by atomic mass is 32.1. The summed E-state index contributed by atoms with van der Waals surface area (Å²) in [5, 5.41) is 12.2. The van der Waals surface area contributed by atoms with Crippen LogP contribution in [0.15, 0.2) is 53.1 Å². The van der Waals surface area contributed by atoms with Crippen LogP contribution in [0.5, 0.6) is 5.75 Å². The molecule has 0 aliphatic carbocycles. The molecule has 0 saturated carbocycles. The van der Waals surface area contributed by atoms with Crippen LogP contribution in [0.3, 0.4) is 0 Å². The van der Waals surface area contributed by atoms with E-state index in [-0.39, 0.29) is 11.4 Å². The number of amides is 1. The molecule has 0 radical (unpaired) electrons. The normalized spacial score (nSPS) is 17.1. The Balaban J connectivity index is 2.04. The molecule has 1 unspecified atom stereocenters. The Morgan fingerprint density at radius 2 is 1.96 bits per heavy atom. The van der Waals surface area contributed by atoms with Crippen molar-refractivity contribution in [2.75, 3.05) is 13.2 Å². The lowest BCUT2D eigenvalue weighted by Gasteiger charge is -2.26. The number of carbonyl (C=O) groups excluding carboxylic acids is 2. The van der Waals surface area contributed by atoms with Gasteiger partial charge >= 0.3 is 0 Å². The summed E-state index contributed by atoms with van der Waals surface area (Å²) < 4.78 is 5.47. The maximum atomic E-state index is 13.0. The Hall–Kier alpha value is -2.60. The first-order valence-corrected chi connectivity index (χ1v) is 9.51. The molecule has 136 valence electrons. The number of aliphatic hydroxyl groups excluding tert-OH is 1. The summed E-state index contributed by atoms with van der Waals surface area (Å²) in [5.41, 5.74) is 0.925. The average Bonchev–Trinajstić information content (AvgIpc) is 3.26. The summed E-state index contributed by atoms with van der Waals surface area (Å²) in [6, 6.07) is 10.2. The number of ketones is 1. The van der Waals surface area contributed by atoms with E-state index >= 15 is 0 Å². The molecule has 0 spiro atoms. The van der Waals surface area contributed by atoms with Gasteiger partial charge in [0.2, 0.25) is 5.78 Å². The number of hydrogen-bond donors (Lipinski definition) is 1. The molecule has 3 rings (SSSR count). The van der Waals surface area contributed by atoms with Crippen LogP contribution in [0.2, 0.25) is 0 Å². The molecule has 1 amide bonds. The standard InChI is InChI=1S/C20H21NO4S/c1-3-11-21-17(13-7-9-14(10-8-13)25-4-2)16(19(23)20(21)24)18(22)15-6-5-12-26-15/h5-10,12,17,23H,3-4,11H2,1-2H3. The molecule has 5 nitrogen and oxygen atoms in total. The molecule has 1 atom stereocenters. The first kappa shape index (κ1) is 18.2. The van der Waals surface area contributed by atoms with Gasteiger partial charge < -0.3 is 14.7 Å². The Bertz CT molecular complexity index is 824. The lowest BCUT2D eigenvalue weighted by molar-refractivity contribution is -0.129. The SMILES string of the molecule is CCCN1C(=O)C(O)=C(C(=O)c2cccs2)C1c1ccc(OCC)cc1. The lowest BCUT2D eigenvalue weighted by atomic mass is 9.95. The molecule has 26 heavy (non-hydrogen) atoms. The number of Topliss-reactive ketones (excluding diaryl/α,β-unsaturated/α-hetero) is 1. The van der Waals surface area contributed by atoms with Crippen molar-refractivity contribution in [1.82, 2.24) is 4.90 Å². The van der Waals surface area contributed by atoms with Crippen LogP contribution in [0.1, 0.15) is 41.5 Å². The Morgan fingerprint density at radius 1 is 1.23 bits per heavy atom. The van der Waals surface area contributed by atoms with Crippen LogP contribution < -0.4 is 4.74 Å². The van der Waals surface area contributed by atoms with Gasteiger partial charge in [-0.1, -0.05) is 25.1 Å². The fourth-order valence-electron chi connectivity index (χ4n) is 3.16. The maximum Gasteiger partial charge on any atom is 0.290 e. The zero-order valence-corrected chi connectivity index (χ0v) is 15.6. The van der Waals surface area contributed by atoms with Crippen LogP contribution in [0.4, 0.5) is 0 Å². The molecule has 1 aliphatic rings. The fourth-order valence-corrected chi connectivity index (χ4v) is 3.84. The summed E-state index contributed by atoms with van der Waals surface area (Å²) in [4.78, 5) is 27.6. The lowest BCUT2D eigenvalue weighted by Crippen LogP contribution is -2.31. The number of thiophene rings is 1. The molecule has 0 saturated heterocycles. The van der Waals surface area contributed by atoms with Crippen molar-refractivity contribution in [3.63, 3.8) is 0 Å². The topological polar surface area (TPSA) is 66.8 Å². The van der Waals surface area contributed by atoms with Crippen molar-refractivity contribution < 1.29 is 19.4 Å². The van der Waals surface area contributed by atoms with Gasteiger partial charge in [0.15, 0.2) is 5.76 Å². The number of benzene rings is 1. The minimum atomic E-state index is -0.590. The van der Waals surface area contributed by atoms with Gasteiger partial charge in [-0.2, -0.15) is 0 Å². The molecule has 1 aromatic carbocycles. The van der Waals surface area contributed by atoms with E-state index < -0.39 is 17.7 Å². The number of nitrogens with zero attached hydrogens (tertiary/aromatic N) is 1. The van der Waals surface area contributed by atoms with Crippen molar-refractivity contribution in [2.45, 2.75) is 26.3 Å². The van der Waals surface area contributed by atoms with Crippen molar-refractivity contribution in [2.24, 2.45) is 0 Å². The molecule has 0 fully saturated rings. The van der Waals surface area contributed by atoms with Gasteiger partial charge in [-0.15, -0.1) is 11.3 Å². The maximum absolute atomic E-state index is 13.0. The summed E-state index contributed by atoms with van der Waals surface area (Å²) in [6.45, 7) is 4.89. The molecule has 1 aliphatic heterocycles. The van der Waals surface area contributed by atoms with E-state index in [2.05, 4.69) is 0 Å². The third kappa shape index (κ3) is 3.24. The molecular formula is C20H21NO4S. The smallest absolute Gasteiger partial charge is 0.290 e. The molecule has 6 heteroatoms. The van der Waals surface area contributed by atoms with Crippen molar-refractivity contribution >= 4 is 23.0 Å². The molecule has 2 heterocycles. The average molecular weight is 371 g/mol. The monoisotopic (exact) mass is 371 g/mol. The van der Waals surface area contributed by atoms with Gasteiger partial charge in [-0.25, -0.2) is 0 Å². The summed E-state index contributed by atoms with van der Waals surface area (Å²) >= 11 is 1.30. The van der Waals surface area contributed by atoms with E-state index in [0.717, 1.165) is 17.7 Å². The molecular weight excluding hydrogens is 350 g/mol. The molecule has 2 aromatic rings.